The van der Waals surface area contributed by atoms with Crippen molar-refractivity contribution in [2.24, 2.45) is 0 Å². The van der Waals surface area contributed by atoms with E-state index in [1.165, 1.54) is 0 Å². The fourth-order valence-corrected chi connectivity index (χ4v) is 3.76. The van der Waals surface area contributed by atoms with Crippen molar-refractivity contribution in [1.29, 1.82) is 0 Å². The maximum absolute atomic E-state index is 13.2. The normalized spacial score (nSPS) is 12.0. The first kappa shape index (κ1) is 24.1. The Hall–Kier alpha value is -2.21. The summed E-state index contributed by atoms with van der Waals surface area (Å²) in [6.45, 7) is 9.96. The molecule has 0 bridgehead atoms. The van der Waals surface area contributed by atoms with Crippen LogP contribution in [-0.2, 0) is 4.79 Å². The van der Waals surface area contributed by atoms with Crippen molar-refractivity contribution in [1.82, 2.24) is 0 Å². The highest BCUT2D eigenvalue weighted by molar-refractivity contribution is 9.10. The lowest BCUT2D eigenvalue weighted by atomic mass is 9.93. The number of carbonyl (C=O) groups excluding carboxylic acids is 1. The molecule has 0 aliphatic heterocycles. The second-order valence-electron chi connectivity index (χ2n) is 7.71. The molecule has 1 amide bonds. The van der Waals surface area contributed by atoms with Gasteiger partial charge in [-0.25, -0.2) is 0 Å². The molecule has 0 aromatic heterocycles. The van der Waals surface area contributed by atoms with Crippen LogP contribution in [0.4, 0.5) is 5.69 Å². The van der Waals surface area contributed by atoms with Gasteiger partial charge in [-0.3, -0.25) is 4.79 Å². The van der Waals surface area contributed by atoms with Crippen LogP contribution in [0.3, 0.4) is 0 Å². The van der Waals surface area contributed by atoms with Gasteiger partial charge in [-0.2, -0.15) is 0 Å². The Bertz CT molecular complexity index is 834. The largest absolute Gasteiger partial charge is 0.493 e. The summed E-state index contributed by atoms with van der Waals surface area (Å²) in [5.41, 5.74) is 1.62. The van der Waals surface area contributed by atoms with E-state index in [4.69, 9.17) is 14.2 Å². The molecule has 0 spiro atoms. The van der Waals surface area contributed by atoms with Gasteiger partial charge in [-0.15, -0.1) is 0 Å². The van der Waals surface area contributed by atoms with Crippen LogP contribution in [-0.4, -0.2) is 25.2 Å². The van der Waals surface area contributed by atoms with E-state index in [1.807, 2.05) is 64.1 Å². The zero-order valence-electron chi connectivity index (χ0n) is 18.6. The second-order valence-corrected chi connectivity index (χ2v) is 8.57. The number of methoxy groups -OCH3 is 1. The molecule has 0 saturated heterocycles. The van der Waals surface area contributed by atoms with E-state index in [-0.39, 0.29) is 24.0 Å². The number of anilines is 1. The van der Waals surface area contributed by atoms with E-state index in [0.717, 1.165) is 27.9 Å². The molecule has 0 aliphatic rings. The number of amides is 1. The van der Waals surface area contributed by atoms with Crippen molar-refractivity contribution in [2.45, 2.75) is 65.6 Å². The van der Waals surface area contributed by atoms with Gasteiger partial charge in [-0.05, 0) is 76.1 Å². The average Bonchev–Trinajstić information content (AvgIpc) is 2.68. The molecule has 1 atom stereocenters. The number of rotatable bonds is 10. The number of halogens is 1. The standard InChI is InChI=1S/C24H32BrNO4/c1-7-8-19(20-13-23(30-16(4)5)22(28-6)14-21(20)25)24(27)26-17-9-11-18(12-10-17)29-15(2)3/h9-16,19H,7-8H2,1-6H3,(H,26,27). The van der Waals surface area contributed by atoms with Crippen LogP contribution >= 0.6 is 15.9 Å². The number of carbonyl (C=O) groups is 1. The van der Waals surface area contributed by atoms with Gasteiger partial charge in [0.25, 0.3) is 0 Å². The summed E-state index contributed by atoms with van der Waals surface area (Å²) in [5, 5.41) is 3.03. The Balaban J connectivity index is 2.28. The molecule has 2 aromatic carbocycles. The van der Waals surface area contributed by atoms with E-state index in [0.29, 0.717) is 17.9 Å². The van der Waals surface area contributed by atoms with Crippen LogP contribution < -0.4 is 19.5 Å². The van der Waals surface area contributed by atoms with Gasteiger partial charge in [0.05, 0.1) is 25.2 Å². The minimum atomic E-state index is -0.323. The predicted molar refractivity (Wildman–Crippen MR) is 125 cm³/mol. The van der Waals surface area contributed by atoms with Gasteiger partial charge >= 0.3 is 0 Å². The highest BCUT2D eigenvalue weighted by Gasteiger charge is 2.25. The Kier molecular flexibility index (Phi) is 9.03. The minimum absolute atomic E-state index is 0.00190. The third kappa shape index (κ3) is 6.66. The second kappa shape index (κ2) is 11.3. The summed E-state index contributed by atoms with van der Waals surface area (Å²) in [6, 6.07) is 11.2. The fourth-order valence-electron chi connectivity index (χ4n) is 3.16. The Morgan fingerprint density at radius 2 is 1.63 bits per heavy atom. The summed E-state index contributed by atoms with van der Waals surface area (Å²) in [7, 11) is 1.61. The van der Waals surface area contributed by atoms with Crippen LogP contribution in [0.5, 0.6) is 17.2 Å². The lowest BCUT2D eigenvalue weighted by Crippen LogP contribution is -2.22. The molecule has 2 rings (SSSR count). The van der Waals surface area contributed by atoms with Crippen LogP contribution in [0.15, 0.2) is 40.9 Å². The summed E-state index contributed by atoms with van der Waals surface area (Å²) in [6.07, 6.45) is 1.69. The Morgan fingerprint density at radius 3 is 2.17 bits per heavy atom. The number of hydrogen-bond acceptors (Lipinski definition) is 4. The van der Waals surface area contributed by atoms with Crippen molar-refractivity contribution in [3.8, 4) is 17.2 Å². The molecule has 164 valence electrons. The van der Waals surface area contributed by atoms with E-state index in [9.17, 15) is 4.79 Å². The van der Waals surface area contributed by atoms with Crippen molar-refractivity contribution in [2.75, 3.05) is 12.4 Å². The number of ether oxygens (including phenoxy) is 3. The Morgan fingerprint density at radius 1 is 1.00 bits per heavy atom. The van der Waals surface area contributed by atoms with Crippen LogP contribution in [0.2, 0.25) is 0 Å². The van der Waals surface area contributed by atoms with Crippen LogP contribution in [0, 0.1) is 0 Å². The van der Waals surface area contributed by atoms with E-state index < -0.39 is 0 Å². The summed E-state index contributed by atoms with van der Waals surface area (Å²) in [4.78, 5) is 13.2. The molecule has 1 N–H and O–H groups in total. The maximum atomic E-state index is 13.2. The average molecular weight is 478 g/mol. The summed E-state index contributed by atoms with van der Waals surface area (Å²) in [5.74, 6) is 1.67. The lowest BCUT2D eigenvalue weighted by Gasteiger charge is -2.21. The van der Waals surface area contributed by atoms with Gasteiger partial charge < -0.3 is 19.5 Å². The Labute approximate surface area is 188 Å². The highest BCUT2D eigenvalue weighted by Crippen LogP contribution is 2.39. The maximum Gasteiger partial charge on any atom is 0.231 e. The first-order valence-corrected chi connectivity index (χ1v) is 11.2. The molecule has 2 aromatic rings. The molecule has 1 unspecified atom stereocenters. The smallest absolute Gasteiger partial charge is 0.231 e. The van der Waals surface area contributed by atoms with Crippen molar-refractivity contribution in [3.05, 3.63) is 46.4 Å². The van der Waals surface area contributed by atoms with E-state index >= 15 is 0 Å². The van der Waals surface area contributed by atoms with Gasteiger partial charge in [0.15, 0.2) is 11.5 Å². The van der Waals surface area contributed by atoms with Gasteiger partial charge in [-0.1, -0.05) is 29.3 Å². The first-order valence-electron chi connectivity index (χ1n) is 10.4. The van der Waals surface area contributed by atoms with Gasteiger partial charge in [0.1, 0.15) is 5.75 Å². The first-order chi connectivity index (χ1) is 14.2. The molecular formula is C24H32BrNO4. The van der Waals surface area contributed by atoms with E-state index in [2.05, 4.69) is 28.2 Å². The highest BCUT2D eigenvalue weighted by atomic mass is 79.9. The number of nitrogens with one attached hydrogen (secondary N) is 1. The van der Waals surface area contributed by atoms with Crippen LogP contribution in [0.25, 0.3) is 0 Å². The van der Waals surface area contributed by atoms with Crippen molar-refractivity contribution >= 4 is 27.5 Å². The predicted octanol–water partition coefficient (Wildman–Crippen LogP) is 6.55. The third-order valence-corrected chi connectivity index (χ3v) is 5.10. The molecule has 5 nitrogen and oxygen atoms in total. The molecule has 0 aliphatic carbocycles. The fraction of sp³-hybridized carbons (Fsp3) is 0.458. The number of benzene rings is 2. The van der Waals surface area contributed by atoms with Crippen LogP contribution in [0.1, 0.15) is 58.9 Å². The van der Waals surface area contributed by atoms with Crippen molar-refractivity contribution < 1.29 is 19.0 Å². The molecular weight excluding hydrogens is 446 g/mol. The lowest BCUT2D eigenvalue weighted by molar-refractivity contribution is -0.117. The summed E-state index contributed by atoms with van der Waals surface area (Å²) >= 11 is 3.61. The van der Waals surface area contributed by atoms with E-state index in [1.54, 1.807) is 7.11 Å². The molecule has 0 saturated carbocycles. The monoisotopic (exact) mass is 477 g/mol. The minimum Gasteiger partial charge on any atom is -0.493 e. The topological polar surface area (TPSA) is 56.8 Å². The molecule has 0 radical (unpaired) electrons. The van der Waals surface area contributed by atoms with Gasteiger partial charge in [0, 0.05) is 10.2 Å². The van der Waals surface area contributed by atoms with Crippen molar-refractivity contribution in [3.63, 3.8) is 0 Å². The molecule has 0 fully saturated rings. The molecule has 0 heterocycles. The molecule has 6 heteroatoms. The SMILES string of the molecule is CCCC(C(=O)Nc1ccc(OC(C)C)cc1)c1cc(OC(C)C)c(OC)cc1Br. The number of hydrogen-bond donors (Lipinski definition) is 1. The zero-order chi connectivity index (χ0) is 22.3. The molecule has 30 heavy (non-hydrogen) atoms. The zero-order valence-corrected chi connectivity index (χ0v) is 20.2. The quantitative estimate of drug-likeness (QED) is 0.421. The summed E-state index contributed by atoms with van der Waals surface area (Å²) < 4.78 is 17.9. The van der Waals surface area contributed by atoms with Gasteiger partial charge in [0.2, 0.25) is 5.91 Å². The third-order valence-electron chi connectivity index (χ3n) is 4.41.